The lowest BCUT2D eigenvalue weighted by Crippen LogP contribution is -2.32. The lowest BCUT2D eigenvalue weighted by Gasteiger charge is -2.11. The van der Waals surface area contributed by atoms with E-state index in [1.165, 1.54) is 6.07 Å². The molecule has 2 N–H and O–H groups in total. The van der Waals surface area contributed by atoms with E-state index in [0.29, 0.717) is 21.5 Å². The number of amides is 1. The van der Waals surface area contributed by atoms with Gasteiger partial charge in [0.1, 0.15) is 0 Å². The lowest BCUT2D eigenvalue weighted by molar-refractivity contribution is -0.141. The van der Waals surface area contributed by atoms with Gasteiger partial charge in [0.05, 0.1) is 10.9 Å². The van der Waals surface area contributed by atoms with Gasteiger partial charge >= 0.3 is 5.97 Å². The number of halogens is 2. The van der Waals surface area contributed by atoms with Crippen molar-refractivity contribution in [3.05, 3.63) is 33.3 Å². The van der Waals surface area contributed by atoms with Crippen molar-refractivity contribution in [1.29, 1.82) is 0 Å². The van der Waals surface area contributed by atoms with Gasteiger partial charge in [-0.15, -0.1) is 0 Å². The Morgan fingerprint density at radius 3 is 2.67 bits per heavy atom. The van der Waals surface area contributed by atoms with E-state index in [1.807, 2.05) is 0 Å². The first-order valence-electron chi connectivity index (χ1n) is 5.41. The maximum Gasteiger partial charge on any atom is 0.308 e. The van der Waals surface area contributed by atoms with Crippen LogP contribution in [0.5, 0.6) is 0 Å². The van der Waals surface area contributed by atoms with Crippen molar-refractivity contribution in [3.63, 3.8) is 0 Å². The summed E-state index contributed by atoms with van der Waals surface area (Å²) in [5.74, 6) is -1.81. The van der Waals surface area contributed by atoms with Crippen LogP contribution in [0.25, 0.3) is 0 Å². The SMILES string of the molecule is CCC(CNC(=O)c1ccc(Br)c(Cl)c1)C(=O)O. The Bertz CT molecular complexity index is 465. The van der Waals surface area contributed by atoms with Crippen molar-refractivity contribution in [3.8, 4) is 0 Å². The molecule has 4 nitrogen and oxygen atoms in total. The van der Waals surface area contributed by atoms with E-state index in [4.69, 9.17) is 16.7 Å². The minimum absolute atomic E-state index is 0.109. The van der Waals surface area contributed by atoms with Gasteiger partial charge in [-0.25, -0.2) is 0 Å². The summed E-state index contributed by atoms with van der Waals surface area (Å²) in [5, 5.41) is 11.9. The third-order valence-electron chi connectivity index (χ3n) is 2.53. The highest BCUT2D eigenvalue weighted by molar-refractivity contribution is 9.10. The molecule has 0 saturated carbocycles. The molecule has 0 aliphatic carbocycles. The predicted octanol–water partition coefficient (Wildman–Crippen LogP) is 2.94. The number of carboxylic acids is 1. The fourth-order valence-electron chi connectivity index (χ4n) is 1.36. The van der Waals surface area contributed by atoms with Gasteiger partial charge in [-0.2, -0.15) is 0 Å². The molecule has 0 saturated heterocycles. The van der Waals surface area contributed by atoms with Gasteiger partial charge in [0.25, 0.3) is 5.91 Å². The second-order valence-corrected chi connectivity index (χ2v) is 5.04. The first-order chi connectivity index (χ1) is 8.45. The molecule has 0 fully saturated rings. The number of aliphatic carboxylic acids is 1. The Balaban J connectivity index is 2.65. The van der Waals surface area contributed by atoms with Crippen LogP contribution in [0, 0.1) is 5.92 Å². The average molecular weight is 335 g/mol. The standard InChI is InChI=1S/C12H13BrClNO3/c1-2-7(12(17)18)6-15-11(16)8-3-4-9(13)10(14)5-8/h3-5,7H,2,6H2,1H3,(H,15,16)(H,17,18). The van der Waals surface area contributed by atoms with Gasteiger partial charge in [0, 0.05) is 16.6 Å². The molecular formula is C12H13BrClNO3. The molecule has 0 aliphatic heterocycles. The third-order valence-corrected chi connectivity index (χ3v) is 3.77. The zero-order valence-electron chi connectivity index (χ0n) is 9.74. The quantitative estimate of drug-likeness (QED) is 0.870. The molecule has 1 atom stereocenters. The van der Waals surface area contributed by atoms with Crippen LogP contribution in [0.3, 0.4) is 0 Å². The molecule has 1 aromatic rings. The summed E-state index contributed by atoms with van der Waals surface area (Å²) in [6.07, 6.45) is 0.469. The smallest absolute Gasteiger partial charge is 0.308 e. The molecule has 1 rings (SSSR count). The summed E-state index contributed by atoms with van der Waals surface area (Å²) in [6.45, 7) is 1.87. The van der Waals surface area contributed by atoms with E-state index in [-0.39, 0.29) is 12.5 Å². The van der Waals surface area contributed by atoms with Crippen LogP contribution in [-0.4, -0.2) is 23.5 Å². The van der Waals surface area contributed by atoms with Crippen molar-refractivity contribution < 1.29 is 14.7 Å². The normalized spacial score (nSPS) is 11.9. The first kappa shape index (κ1) is 15.0. The van der Waals surface area contributed by atoms with E-state index in [2.05, 4.69) is 21.2 Å². The van der Waals surface area contributed by atoms with E-state index in [9.17, 15) is 9.59 Å². The lowest BCUT2D eigenvalue weighted by atomic mass is 10.1. The first-order valence-corrected chi connectivity index (χ1v) is 6.58. The number of benzene rings is 1. The number of carbonyl (C=O) groups excluding carboxylic acids is 1. The molecular weight excluding hydrogens is 321 g/mol. The summed E-state index contributed by atoms with van der Waals surface area (Å²) in [6, 6.07) is 4.82. The minimum Gasteiger partial charge on any atom is -0.481 e. The van der Waals surface area contributed by atoms with Gasteiger partial charge in [0.2, 0.25) is 0 Å². The number of rotatable bonds is 5. The number of nitrogens with one attached hydrogen (secondary N) is 1. The maximum atomic E-state index is 11.8. The van der Waals surface area contributed by atoms with E-state index in [1.54, 1.807) is 19.1 Å². The Kier molecular flexibility index (Phi) is 5.62. The summed E-state index contributed by atoms with van der Waals surface area (Å²) >= 11 is 9.11. The highest BCUT2D eigenvalue weighted by atomic mass is 79.9. The zero-order valence-corrected chi connectivity index (χ0v) is 12.1. The molecule has 0 spiro atoms. The number of carboxylic acid groups (broad SMARTS) is 1. The van der Waals surface area contributed by atoms with Crippen molar-refractivity contribution in [1.82, 2.24) is 5.32 Å². The van der Waals surface area contributed by atoms with E-state index in [0.717, 1.165) is 0 Å². The van der Waals surface area contributed by atoms with Crippen LogP contribution in [0.1, 0.15) is 23.7 Å². The Morgan fingerprint density at radius 1 is 1.50 bits per heavy atom. The minimum atomic E-state index is -0.911. The van der Waals surface area contributed by atoms with Crippen LogP contribution >= 0.6 is 27.5 Å². The topological polar surface area (TPSA) is 66.4 Å². The van der Waals surface area contributed by atoms with Crippen LogP contribution in [0.15, 0.2) is 22.7 Å². The monoisotopic (exact) mass is 333 g/mol. The van der Waals surface area contributed by atoms with Gasteiger partial charge in [-0.3, -0.25) is 9.59 Å². The van der Waals surface area contributed by atoms with Crippen LogP contribution < -0.4 is 5.32 Å². The molecule has 1 aromatic carbocycles. The summed E-state index contributed by atoms with van der Waals surface area (Å²) < 4.78 is 0.706. The fraction of sp³-hybridized carbons (Fsp3) is 0.333. The summed E-state index contributed by atoms with van der Waals surface area (Å²) in [7, 11) is 0. The van der Waals surface area contributed by atoms with E-state index >= 15 is 0 Å². The predicted molar refractivity (Wildman–Crippen MR) is 72.9 cm³/mol. The van der Waals surface area contributed by atoms with Gasteiger partial charge < -0.3 is 10.4 Å². The van der Waals surface area contributed by atoms with Crippen LogP contribution in [0.2, 0.25) is 5.02 Å². The molecule has 0 heterocycles. The van der Waals surface area contributed by atoms with Crippen LogP contribution in [0.4, 0.5) is 0 Å². The summed E-state index contributed by atoms with van der Waals surface area (Å²) in [4.78, 5) is 22.6. The second kappa shape index (κ2) is 6.75. The Hall–Kier alpha value is -1.07. The average Bonchev–Trinajstić information content (AvgIpc) is 2.32. The third kappa shape index (κ3) is 3.99. The van der Waals surface area contributed by atoms with Gasteiger partial charge in [-0.05, 0) is 40.5 Å². The molecule has 98 valence electrons. The second-order valence-electron chi connectivity index (χ2n) is 3.78. The Morgan fingerprint density at radius 2 is 2.17 bits per heavy atom. The maximum absolute atomic E-state index is 11.8. The highest BCUT2D eigenvalue weighted by Gasteiger charge is 2.16. The zero-order chi connectivity index (χ0) is 13.7. The summed E-state index contributed by atoms with van der Waals surface area (Å²) in [5.41, 5.74) is 0.406. The molecule has 6 heteroatoms. The molecule has 1 amide bonds. The van der Waals surface area contributed by atoms with Crippen molar-refractivity contribution in [2.75, 3.05) is 6.54 Å². The van der Waals surface area contributed by atoms with Gasteiger partial charge in [-0.1, -0.05) is 18.5 Å². The number of carbonyl (C=O) groups is 2. The molecule has 1 unspecified atom stereocenters. The van der Waals surface area contributed by atoms with Gasteiger partial charge in [0.15, 0.2) is 0 Å². The molecule has 0 aromatic heterocycles. The fourth-order valence-corrected chi connectivity index (χ4v) is 1.79. The molecule has 0 radical (unpaired) electrons. The number of hydrogen-bond acceptors (Lipinski definition) is 2. The molecule has 0 aliphatic rings. The van der Waals surface area contributed by atoms with Crippen molar-refractivity contribution >= 4 is 39.4 Å². The largest absolute Gasteiger partial charge is 0.481 e. The molecule has 18 heavy (non-hydrogen) atoms. The van der Waals surface area contributed by atoms with Crippen molar-refractivity contribution in [2.24, 2.45) is 5.92 Å². The highest BCUT2D eigenvalue weighted by Crippen LogP contribution is 2.23. The number of hydrogen-bond donors (Lipinski definition) is 2. The molecule has 0 bridgehead atoms. The van der Waals surface area contributed by atoms with Crippen molar-refractivity contribution in [2.45, 2.75) is 13.3 Å². The van der Waals surface area contributed by atoms with Crippen LogP contribution in [-0.2, 0) is 4.79 Å². The Labute approximate surface area is 118 Å². The van der Waals surface area contributed by atoms with E-state index < -0.39 is 11.9 Å².